The first-order valence-electron chi connectivity index (χ1n) is 12.1. The van der Waals surface area contributed by atoms with Gasteiger partial charge in [-0.2, -0.15) is 0 Å². The first kappa shape index (κ1) is 25.9. The van der Waals surface area contributed by atoms with Crippen molar-refractivity contribution in [2.45, 2.75) is 79.2 Å². The average molecular weight is 476 g/mol. The Balaban J connectivity index is 1.80. The highest BCUT2D eigenvalue weighted by Crippen LogP contribution is 2.57. The second kappa shape index (κ2) is 9.49. The molecule has 33 heavy (non-hydrogen) atoms. The normalized spacial score (nSPS) is 30.1. The van der Waals surface area contributed by atoms with E-state index in [-0.39, 0.29) is 46.3 Å². The fourth-order valence-electron chi connectivity index (χ4n) is 6.06. The van der Waals surface area contributed by atoms with Gasteiger partial charge in [-0.1, -0.05) is 47.6 Å². The fraction of sp³-hybridized carbons (Fsp3) is 0.731. The van der Waals surface area contributed by atoms with Crippen LogP contribution < -0.4 is 5.32 Å². The van der Waals surface area contributed by atoms with Crippen LogP contribution in [-0.2, 0) is 16.0 Å². The van der Waals surface area contributed by atoms with Crippen LogP contribution in [0.1, 0.15) is 77.3 Å². The quantitative estimate of drug-likeness (QED) is 0.576. The summed E-state index contributed by atoms with van der Waals surface area (Å²) in [6, 6.07) is 0. The fourth-order valence-corrected chi connectivity index (χ4v) is 7.34. The van der Waals surface area contributed by atoms with Gasteiger partial charge in [0, 0.05) is 36.7 Å². The third kappa shape index (κ3) is 5.35. The van der Waals surface area contributed by atoms with E-state index < -0.39 is 6.10 Å². The molecule has 0 saturated heterocycles. The van der Waals surface area contributed by atoms with Crippen LogP contribution in [0.5, 0.6) is 0 Å². The number of carbonyl (C=O) groups excluding carboxylic acids is 2. The minimum absolute atomic E-state index is 0.0130. The lowest BCUT2D eigenvalue weighted by Gasteiger charge is -2.53. The van der Waals surface area contributed by atoms with E-state index in [1.165, 1.54) is 4.88 Å². The molecule has 2 amide bonds. The summed E-state index contributed by atoms with van der Waals surface area (Å²) in [5.41, 5.74) is 0.872. The van der Waals surface area contributed by atoms with Crippen molar-refractivity contribution in [1.82, 2.24) is 9.88 Å². The maximum Gasteiger partial charge on any atom is 0.226 e. The van der Waals surface area contributed by atoms with Crippen LogP contribution in [0.15, 0.2) is 12.7 Å². The maximum atomic E-state index is 12.9. The highest BCUT2D eigenvalue weighted by molar-refractivity contribution is 7.15. The molecule has 2 N–H and O–H groups in total. The molecule has 0 radical (unpaired) electrons. The zero-order chi connectivity index (χ0) is 24.7. The lowest BCUT2D eigenvalue weighted by atomic mass is 9.53. The highest BCUT2D eigenvalue weighted by atomic mass is 32.1. The second-order valence-electron chi connectivity index (χ2n) is 11.7. The van der Waals surface area contributed by atoms with Crippen molar-refractivity contribution in [2.75, 3.05) is 18.9 Å². The third-order valence-corrected chi connectivity index (χ3v) is 8.66. The molecule has 0 spiro atoms. The number of thiazole rings is 1. The van der Waals surface area contributed by atoms with Crippen LogP contribution in [-0.4, -0.2) is 46.5 Å². The topological polar surface area (TPSA) is 82.5 Å². The van der Waals surface area contributed by atoms with Gasteiger partial charge in [0.2, 0.25) is 11.8 Å². The number of amides is 2. The van der Waals surface area contributed by atoms with E-state index in [0.29, 0.717) is 18.1 Å². The van der Waals surface area contributed by atoms with Gasteiger partial charge in [0.05, 0.1) is 11.8 Å². The van der Waals surface area contributed by atoms with E-state index in [2.05, 4.69) is 25.7 Å². The number of rotatable bonds is 6. The van der Waals surface area contributed by atoms with Crippen LogP contribution >= 0.6 is 11.3 Å². The van der Waals surface area contributed by atoms with E-state index in [0.717, 1.165) is 25.0 Å². The standard InChI is InChI=1S/C26H41N3O3S/c1-9-12-29(8)23(32)15(2)17-10-11-26(7)13-18-21(16(3)20(26)22(17)31)28-24(33-18)27-19(30)14-25(4,5)6/h9,15-17,20,22,31H,1,10-14H2,2-8H3,(H,27,28,30)/t15-,16-,17+,20+,22-,26-/m0/s1. The number of anilines is 1. The summed E-state index contributed by atoms with van der Waals surface area (Å²) in [5, 5.41) is 15.2. The van der Waals surface area contributed by atoms with E-state index in [1.807, 2.05) is 27.7 Å². The Kier molecular flexibility index (Phi) is 7.45. The van der Waals surface area contributed by atoms with Gasteiger partial charge in [-0.05, 0) is 41.9 Å². The molecular formula is C26H41N3O3S. The van der Waals surface area contributed by atoms with Crippen LogP contribution in [0.2, 0.25) is 0 Å². The van der Waals surface area contributed by atoms with Gasteiger partial charge < -0.3 is 15.3 Å². The summed E-state index contributed by atoms with van der Waals surface area (Å²) in [7, 11) is 1.79. The molecule has 0 bridgehead atoms. The van der Waals surface area contributed by atoms with Gasteiger partial charge in [0.15, 0.2) is 5.13 Å². The molecule has 184 valence electrons. The highest BCUT2D eigenvalue weighted by Gasteiger charge is 2.54. The first-order valence-corrected chi connectivity index (χ1v) is 12.9. The van der Waals surface area contributed by atoms with Crippen LogP contribution in [0.4, 0.5) is 5.13 Å². The first-order chi connectivity index (χ1) is 15.3. The Labute approximate surface area is 202 Å². The van der Waals surface area contributed by atoms with Crippen LogP contribution in [0.3, 0.4) is 0 Å². The number of hydrogen-bond acceptors (Lipinski definition) is 5. The summed E-state index contributed by atoms with van der Waals surface area (Å²) in [5.74, 6) is -0.175. The lowest BCUT2D eigenvalue weighted by Crippen LogP contribution is -2.53. The average Bonchev–Trinajstić information content (AvgIpc) is 3.07. The number of carbonyl (C=O) groups is 2. The summed E-state index contributed by atoms with van der Waals surface area (Å²) in [6.07, 6.45) is 4.26. The van der Waals surface area contributed by atoms with E-state index in [1.54, 1.807) is 29.4 Å². The van der Waals surface area contributed by atoms with E-state index in [9.17, 15) is 14.7 Å². The zero-order valence-corrected chi connectivity index (χ0v) is 22.1. The monoisotopic (exact) mass is 475 g/mol. The van der Waals surface area contributed by atoms with Crippen LogP contribution in [0, 0.1) is 28.6 Å². The predicted octanol–water partition coefficient (Wildman–Crippen LogP) is 4.85. The molecule has 1 aromatic heterocycles. The van der Waals surface area contributed by atoms with E-state index in [4.69, 9.17) is 4.98 Å². The molecule has 7 heteroatoms. The molecular weight excluding hydrogens is 434 g/mol. The molecule has 1 heterocycles. The Morgan fingerprint density at radius 2 is 2.09 bits per heavy atom. The summed E-state index contributed by atoms with van der Waals surface area (Å²) in [6.45, 7) is 16.7. The van der Waals surface area contributed by atoms with Crippen molar-refractivity contribution >= 4 is 28.3 Å². The number of fused-ring (bicyclic) bond motifs is 2. The van der Waals surface area contributed by atoms with Crippen molar-refractivity contribution in [3.05, 3.63) is 23.2 Å². The van der Waals surface area contributed by atoms with Gasteiger partial charge >= 0.3 is 0 Å². The molecule has 0 unspecified atom stereocenters. The van der Waals surface area contributed by atoms with Crippen molar-refractivity contribution in [3.63, 3.8) is 0 Å². The second-order valence-corrected chi connectivity index (χ2v) is 12.8. The minimum atomic E-state index is -0.566. The van der Waals surface area contributed by atoms with Crippen molar-refractivity contribution in [3.8, 4) is 0 Å². The molecule has 2 aliphatic carbocycles. The summed E-state index contributed by atoms with van der Waals surface area (Å²) in [4.78, 5) is 33.1. The van der Waals surface area contributed by atoms with Crippen LogP contribution in [0.25, 0.3) is 0 Å². The van der Waals surface area contributed by atoms with Gasteiger partial charge in [0.25, 0.3) is 0 Å². The molecule has 0 aromatic carbocycles. The van der Waals surface area contributed by atoms with Gasteiger partial charge in [-0.3, -0.25) is 9.59 Å². The Bertz CT molecular complexity index is 905. The number of nitrogens with one attached hydrogen (secondary N) is 1. The van der Waals surface area contributed by atoms with Crippen molar-refractivity contribution < 1.29 is 14.7 Å². The molecule has 2 aliphatic rings. The molecule has 1 saturated carbocycles. The minimum Gasteiger partial charge on any atom is -0.392 e. The molecule has 6 nitrogen and oxygen atoms in total. The van der Waals surface area contributed by atoms with Gasteiger partial charge in [-0.25, -0.2) is 4.98 Å². The smallest absolute Gasteiger partial charge is 0.226 e. The number of aromatic nitrogens is 1. The number of nitrogens with zero attached hydrogens (tertiary/aromatic N) is 2. The van der Waals surface area contributed by atoms with Crippen molar-refractivity contribution in [1.29, 1.82) is 0 Å². The molecule has 1 fully saturated rings. The molecule has 3 rings (SSSR count). The Hall–Kier alpha value is -1.73. The SMILES string of the molecule is C=CCN(C)C(=O)[C@@H](C)[C@H]1CC[C@@]2(C)Cc3sc(NC(=O)CC(C)(C)C)nc3[C@@H](C)[C@@H]2[C@H]1O. The Morgan fingerprint density at radius 3 is 2.70 bits per heavy atom. The Morgan fingerprint density at radius 1 is 1.42 bits per heavy atom. The summed E-state index contributed by atoms with van der Waals surface area (Å²) < 4.78 is 0. The molecule has 0 aliphatic heterocycles. The van der Waals surface area contributed by atoms with E-state index >= 15 is 0 Å². The predicted molar refractivity (Wildman–Crippen MR) is 134 cm³/mol. The zero-order valence-electron chi connectivity index (χ0n) is 21.3. The number of hydrogen-bond donors (Lipinski definition) is 2. The maximum absolute atomic E-state index is 12.9. The largest absolute Gasteiger partial charge is 0.392 e. The number of aliphatic hydroxyl groups is 1. The third-order valence-electron chi connectivity index (χ3n) is 7.67. The molecule has 6 atom stereocenters. The molecule has 1 aromatic rings. The van der Waals surface area contributed by atoms with Gasteiger partial charge in [0.1, 0.15) is 0 Å². The number of aliphatic hydroxyl groups excluding tert-OH is 1. The van der Waals surface area contributed by atoms with Crippen molar-refractivity contribution in [2.24, 2.45) is 28.6 Å². The van der Waals surface area contributed by atoms with Gasteiger partial charge in [-0.15, -0.1) is 17.9 Å². The summed E-state index contributed by atoms with van der Waals surface area (Å²) >= 11 is 1.58. The lowest BCUT2D eigenvalue weighted by molar-refractivity contribution is -0.143. The number of likely N-dealkylation sites (N-methyl/N-ethyl adjacent to an activating group) is 1.